The van der Waals surface area contributed by atoms with Gasteiger partial charge in [-0.1, -0.05) is 20.3 Å². The van der Waals surface area contributed by atoms with E-state index < -0.39 is 5.97 Å². The molecule has 16 heavy (non-hydrogen) atoms. The van der Waals surface area contributed by atoms with Crippen molar-refractivity contribution in [2.24, 2.45) is 0 Å². The molecule has 0 heterocycles. The average Bonchev–Trinajstić information content (AvgIpc) is 2.26. The highest BCUT2D eigenvalue weighted by Crippen LogP contribution is 2.08. The largest absolute Gasteiger partial charge is 0.481 e. The number of aliphatic carboxylic acids is 1. The predicted molar refractivity (Wildman–Crippen MR) is 67.7 cm³/mol. The molecule has 0 aliphatic heterocycles. The first kappa shape index (κ1) is 15.4. The monoisotopic (exact) mass is 229 g/mol. The van der Waals surface area contributed by atoms with Crippen molar-refractivity contribution in [3.63, 3.8) is 0 Å². The van der Waals surface area contributed by atoms with Gasteiger partial charge in [-0.15, -0.1) is 0 Å². The fourth-order valence-corrected chi connectivity index (χ4v) is 1.76. The third-order valence-corrected chi connectivity index (χ3v) is 3.10. The maximum absolute atomic E-state index is 10.4. The van der Waals surface area contributed by atoms with Crippen molar-refractivity contribution in [2.75, 3.05) is 13.1 Å². The van der Waals surface area contributed by atoms with E-state index in [4.69, 9.17) is 5.11 Å². The molecular formula is C13H27NO2. The molecule has 0 aliphatic rings. The number of unbranched alkanes of at least 4 members (excludes halogenated alkanes) is 2. The Morgan fingerprint density at radius 3 is 2.31 bits per heavy atom. The highest BCUT2D eigenvalue weighted by molar-refractivity contribution is 5.66. The highest BCUT2D eigenvalue weighted by atomic mass is 16.4. The van der Waals surface area contributed by atoms with Gasteiger partial charge in [0.15, 0.2) is 0 Å². The maximum atomic E-state index is 10.4. The average molecular weight is 229 g/mol. The van der Waals surface area contributed by atoms with E-state index in [1.54, 1.807) is 0 Å². The van der Waals surface area contributed by atoms with Gasteiger partial charge in [-0.05, 0) is 45.7 Å². The van der Waals surface area contributed by atoms with Crippen molar-refractivity contribution in [2.45, 2.75) is 65.3 Å². The minimum atomic E-state index is -0.677. The zero-order valence-electron chi connectivity index (χ0n) is 11.0. The van der Waals surface area contributed by atoms with Crippen LogP contribution >= 0.6 is 0 Å². The summed E-state index contributed by atoms with van der Waals surface area (Å²) in [5, 5.41) is 8.56. The van der Waals surface area contributed by atoms with E-state index >= 15 is 0 Å². The lowest BCUT2D eigenvalue weighted by Gasteiger charge is -2.28. The number of hydrogen-bond donors (Lipinski definition) is 1. The molecule has 0 saturated heterocycles. The van der Waals surface area contributed by atoms with Crippen LogP contribution in [-0.2, 0) is 4.79 Å². The quantitative estimate of drug-likeness (QED) is 0.585. The number of hydrogen-bond acceptors (Lipinski definition) is 2. The minimum absolute atomic E-state index is 0.308. The Bertz CT molecular complexity index is 183. The first-order valence-electron chi connectivity index (χ1n) is 6.57. The second-order valence-corrected chi connectivity index (χ2v) is 4.50. The van der Waals surface area contributed by atoms with E-state index in [9.17, 15) is 4.79 Å². The van der Waals surface area contributed by atoms with Gasteiger partial charge in [0.2, 0.25) is 0 Å². The van der Waals surface area contributed by atoms with Crippen LogP contribution in [0.5, 0.6) is 0 Å². The summed E-state index contributed by atoms with van der Waals surface area (Å²) in [6, 6.07) is 0.622. The summed E-state index contributed by atoms with van der Waals surface area (Å²) in [4.78, 5) is 12.9. The predicted octanol–water partition coefficient (Wildman–Crippen LogP) is 3.14. The van der Waals surface area contributed by atoms with E-state index in [1.165, 1.54) is 19.3 Å². The molecule has 0 saturated carbocycles. The van der Waals surface area contributed by atoms with Crippen LogP contribution in [0.2, 0.25) is 0 Å². The van der Waals surface area contributed by atoms with E-state index in [0.717, 1.165) is 25.9 Å². The smallest absolute Gasteiger partial charge is 0.303 e. The van der Waals surface area contributed by atoms with Crippen molar-refractivity contribution in [3.05, 3.63) is 0 Å². The topological polar surface area (TPSA) is 40.5 Å². The normalized spacial score (nSPS) is 13.0. The lowest BCUT2D eigenvalue weighted by Crippen LogP contribution is -2.34. The van der Waals surface area contributed by atoms with Crippen molar-refractivity contribution in [1.82, 2.24) is 4.90 Å². The molecule has 0 aromatic heterocycles. The molecule has 3 heteroatoms. The number of nitrogens with zero attached hydrogens (tertiary/aromatic N) is 1. The summed E-state index contributed by atoms with van der Waals surface area (Å²) in [6.45, 7) is 8.87. The summed E-state index contributed by atoms with van der Waals surface area (Å²) >= 11 is 0. The zero-order valence-corrected chi connectivity index (χ0v) is 11.0. The van der Waals surface area contributed by atoms with Gasteiger partial charge in [-0.2, -0.15) is 0 Å². The molecule has 0 aliphatic carbocycles. The Balaban J connectivity index is 3.77. The lowest BCUT2D eigenvalue weighted by atomic mass is 10.1. The molecule has 96 valence electrons. The van der Waals surface area contributed by atoms with Crippen LogP contribution in [-0.4, -0.2) is 35.1 Å². The fourth-order valence-electron chi connectivity index (χ4n) is 1.76. The molecule has 0 bridgehead atoms. The molecule has 1 atom stereocenters. The second kappa shape index (κ2) is 9.64. The third-order valence-electron chi connectivity index (χ3n) is 3.10. The second-order valence-electron chi connectivity index (χ2n) is 4.50. The SMILES string of the molecule is CCCCN(CCCCC(=O)O)C(C)CC. The third kappa shape index (κ3) is 7.69. The highest BCUT2D eigenvalue weighted by Gasteiger charge is 2.10. The summed E-state index contributed by atoms with van der Waals surface area (Å²) in [7, 11) is 0. The molecular weight excluding hydrogens is 202 g/mol. The summed E-state index contributed by atoms with van der Waals surface area (Å²) in [5.74, 6) is -0.677. The Morgan fingerprint density at radius 2 is 1.81 bits per heavy atom. The van der Waals surface area contributed by atoms with E-state index in [2.05, 4.69) is 25.7 Å². The molecule has 1 unspecified atom stereocenters. The van der Waals surface area contributed by atoms with E-state index in [0.29, 0.717) is 12.5 Å². The van der Waals surface area contributed by atoms with Crippen LogP contribution in [0.3, 0.4) is 0 Å². The summed E-state index contributed by atoms with van der Waals surface area (Å²) in [6.07, 6.45) is 5.74. The van der Waals surface area contributed by atoms with Crippen molar-refractivity contribution in [1.29, 1.82) is 0 Å². The van der Waals surface area contributed by atoms with Gasteiger partial charge in [-0.25, -0.2) is 0 Å². The van der Waals surface area contributed by atoms with E-state index in [-0.39, 0.29) is 0 Å². The van der Waals surface area contributed by atoms with Gasteiger partial charge in [0.1, 0.15) is 0 Å². The Labute approximate surface area is 99.8 Å². The molecule has 0 spiro atoms. The van der Waals surface area contributed by atoms with Crippen molar-refractivity contribution >= 4 is 5.97 Å². The Morgan fingerprint density at radius 1 is 1.19 bits per heavy atom. The van der Waals surface area contributed by atoms with Gasteiger partial charge >= 0.3 is 5.97 Å². The molecule has 1 N–H and O–H groups in total. The maximum Gasteiger partial charge on any atom is 0.303 e. The van der Waals surface area contributed by atoms with Gasteiger partial charge < -0.3 is 10.0 Å². The molecule has 0 amide bonds. The van der Waals surface area contributed by atoms with Crippen LogP contribution in [0.15, 0.2) is 0 Å². The summed E-state index contributed by atoms with van der Waals surface area (Å²) in [5.41, 5.74) is 0. The molecule has 0 radical (unpaired) electrons. The molecule has 0 fully saturated rings. The van der Waals surface area contributed by atoms with Crippen molar-refractivity contribution in [3.8, 4) is 0 Å². The number of carbonyl (C=O) groups is 1. The first-order chi connectivity index (χ1) is 7.61. The molecule has 0 rings (SSSR count). The fraction of sp³-hybridized carbons (Fsp3) is 0.923. The van der Waals surface area contributed by atoms with Crippen LogP contribution in [0.4, 0.5) is 0 Å². The summed E-state index contributed by atoms with van der Waals surface area (Å²) < 4.78 is 0. The molecule has 0 aromatic rings. The van der Waals surface area contributed by atoms with Crippen LogP contribution in [0.25, 0.3) is 0 Å². The van der Waals surface area contributed by atoms with Crippen molar-refractivity contribution < 1.29 is 9.90 Å². The van der Waals surface area contributed by atoms with Crippen LogP contribution in [0, 0.1) is 0 Å². The lowest BCUT2D eigenvalue weighted by molar-refractivity contribution is -0.137. The number of carboxylic acids is 1. The van der Waals surface area contributed by atoms with Gasteiger partial charge in [0, 0.05) is 12.5 Å². The number of carboxylic acid groups (broad SMARTS) is 1. The van der Waals surface area contributed by atoms with Crippen LogP contribution in [0.1, 0.15) is 59.3 Å². The number of rotatable bonds is 10. The van der Waals surface area contributed by atoms with Gasteiger partial charge in [0.05, 0.1) is 0 Å². The van der Waals surface area contributed by atoms with Crippen LogP contribution < -0.4 is 0 Å². The first-order valence-corrected chi connectivity index (χ1v) is 6.57. The standard InChI is InChI=1S/C13H27NO2/c1-4-6-10-14(12(3)5-2)11-8-7-9-13(15)16/h12H,4-11H2,1-3H3,(H,15,16). The molecule has 0 aromatic carbocycles. The van der Waals surface area contributed by atoms with Gasteiger partial charge in [-0.3, -0.25) is 4.79 Å². The molecule has 3 nitrogen and oxygen atoms in total. The Hall–Kier alpha value is -0.570. The zero-order chi connectivity index (χ0) is 12.4. The van der Waals surface area contributed by atoms with Gasteiger partial charge in [0.25, 0.3) is 0 Å². The van der Waals surface area contributed by atoms with E-state index in [1.807, 2.05) is 0 Å². The minimum Gasteiger partial charge on any atom is -0.481 e. The Kier molecular flexibility index (Phi) is 9.30.